The summed E-state index contributed by atoms with van der Waals surface area (Å²) < 4.78 is 0. The fraction of sp³-hybridized carbons (Fsp3) is 0.586. The van der Waals surface area contributed by atoms with Crippen LogP contribution < -0.4 is 21.3 Å². The Morgan fingerprint density at radius 2 is 1.36 bits per heavy atom. The van der Waals surface area contributed by atoms with Crippen molar-refractivity contribution in [1.29, 1.82) is 0 Å². The highest BCUT2D eigenvalue weighted by atomic mass is 15.1. The van der Waals surface area contributed by atoms with Gasteiger partial charge in [0.1, 0.15) is 0 Å². The third kappa shape index (κ3) is 5.07. The molecule has 4 heteroatoms. The fourth-order valence-electron chi connectivity index (χ4n) is 6.00. The number of anilines is 2. The minimum Gasteiger partial charge on any atom is -0.371 e. The average molecular weight is 449 g/mol. The van der Waals surface area contributed by atoms with E-state index in [2.05, 4.69) is 67.0 Å². The summed E-state index contributed by atoms with van der Waals surface area (Å²) in [6.07, 6.45) is 7.42. The molecule has 0 aromatic heterocycles. The summed E-state index contributed by atoms with van der Waals surface area (Å²) in [5, 5.41) is 0. The van der Waals surface area contributed by atoms with E-state index in [0.29, 0.717) is 19.0 Å². The van der Waals surface area contributed by atoms with Crippen molar-refractivity contribution in [2.45, 2.75) is 77.8 Å². The lowest BCUT2D eigenvalue weighted by molar-refractivity contribution is 0.261. The zero-order valence-electron chi connectivity index (χ0n) is 21.1. The second-order valence-electron chi connectivity index (χ2n) is 10.6. The van der Waals surface area contributed by atoms with Crippen molar-refractivity contribution in [3.05, 3.63) is 58.7 Å². The molecular weight excluding hydrogens is 404 g/mol. The lowest BCUT2D eigenvalue weighted by atomic mass is 9.69. The van der Waals surface area contributed by atoms with Gasteiger partial charge in [-0.05, 0) is 84.2 Å². The Morgan fingerprint density at radius 1 is 0.788 bits per heavy atom. The van der Waals surface area contributed by atoms with Gasteiger partial charge in [0.2, 0.25) is 0 Å². The van der Waals surface area contributed by atoms with Crippen LogP contribution >= 0.6 is 0 Å². The van der Waals surface area contributed by atoms with Gasteiger partial charge in [0.15, 0.2) is 0 Å². The average Bonchev–Trinajstić information content (AvgIpc) is 2.88. The minimum absolute atomic E-state index is 0.138. The highest BCUT2D eigenvalue weighted by molar-refractivity contribution is 5.57. The van der Waals surface area contributed by atoms with Gasteiger partial charge in [0.05, 0.1) is 0 Å². The standard InChI is InChI=1S/C29H44N4/c1-4-22-8-10-27(23(18-22)20-30)33-16-12-25(13-17-33)29(2,3)26-9-11-28(24(19-26)21-31)32-14-6-5-7-15-32/h8-11,18-19,25H,4-7,12-17,20-21,30-31H2,1-3H3. The van der Waals surface area contributed by atoms with E-state index < -0.39 is 0 Å². The summed E-state index contributed by atoms with van der Waals surface area (Å²) in [5.74, 6) is 0.663. The quantitative estimate of drug-likeness (QED) is 0.599. The molecular formula is C29H44N4. The number of rotatable bonds is 7. The van der Waals surface area contributed by atoms with Gasteiger partial charge in [0.25, 0.3) is 0 Å². The van der Waals surface area contributed by atoms with Gasteiger partial charge in [-0.3, -0.25) is 0 Å². The highest BCUT2D eigenvalue weighted by Crippen LogP contribution is 2.41. The Kier molecular flexibility index (Phi) is 7.65. The van der Waals surface area contributed by atoms with Crippen LogP contribution in [0.1, 0.15) is 75.1 Å². The molecule has 2 heterocycles. The van der Waals surface area contributed by atoms with Crippen molar-refractivity contribution in [3.8, 4) is 0 Å². The Hall–Kier alpha value is -2.04. The second-order valence-corrected chi connectivity index (χ2v) is 10.6. The summed E-state index contributed by atoms with van der Waals surface area (Å²) in [6, 6.07) is 14.0. The van der Waals surface area contributed by atoms with Crippen LogP contribution in [0.25, 0.3) is 0 Å². The SMILES string of the molecule is CCc1ccc(N2CCC(C(C)(C)c3ccc(N4CCCCC4)c(CN)c3)CC2)c(CN)c1. The Labute approximate surface area is 201 Å². The van der Waals surface area contributed by atoms with Crippen LogP contribution in [0.2, 0.25) is 0 Å². The number of hydrogen-bond donors (Lipinski definition) is 2. The van der Waals surface area contributed by atoms with Gasteiger partial charge in [-0.1, -0.05) is 45.0 Å². The van der Waals surface area contributed by atoms with Crippen molar-refractivity contribution >= 4 is 11.4 Å². The van der Waals surface area contributed by atoms with E-state index in [1.165, 1.54) is 65.7 Å². The molecule has 0 atom stereocenters. The fourth-order valence-corrected chi connectivity index (χ4v) is 6.00. The second kappa shape index (κ2) is 10.5. The van der Waals surface area contributed by atoms with Crippen molar-refractivity contribution in [1.82, 2.24) is 0 Å². The van der Waals surface area contributed by atoms with Gasteiger partial charge < -0.3 is 21.3 Å². The number of hydrogen-bond acceptors (Lipinski definition) is 4. The van der Waals surface area contributed by atoms with Gasteiger partial charge in [0, 0.05) is 50.6 Å². The molecule has 2 saturated heterocycles. The summed E-state index contributed by atoms with van der Waals surface area (Å²) >= 11 is 0. The third-order valence-electron chi connectivity index (χ3n) is 8.37. The molecule has 0 aliphatic carbocycles. The molecule has 4 rings (SSSR count). The molecule has 2 fully saturated rings. The lowest BCUT2D eigenvalue weighted by Crippen LogP contribution is -2.41. The van der Waals surface area contributed by atoms with Crippen molar-refractivity contribution in [2.75, 3.05) is 36.0 Å². The first kappa shape index (κ1) is 24.1. The zero-order chi connectivity index (χ0) is 23.4. The van der Waals surface area contributed by atoms with E-state index in [0.717, 1.165) is 32.6 Å². The first-order valence-corrected chi connectivity index (χ1v) is 13.1. The summed E-state index contributed by atoms with van der Waals surface area (Å²) in [6.45, 7) is 12.8. The first-order valence-electron chi connectivity index (χ1n) is 13.1. The molecule has 0 bridgehead atoms. The highest BCUT2D eigenvalue weighted by Gasteiger charge is 2.35. The maximum atomic E-state index is 6.23. The smallest absolute Gasteiger partial charge is 0.0411 e. The molecule has 0 radical (unpaired) electrons. The van der Waals surface area contributed by atoms with E-state index in [-0.39, 0.29) is 5.41 Å². The van der Waals surface area contributed by atoms with Crippen molar-refractivity contribution in [3.63, 3.8) is 0 Å². The predicted octanol–water partition coefficient (Wildman–Crippen LogP) is 5.35. The molecule has 0 saturated carbocycles. The molecule has 0 amide bonds. The molecule has 33 heavy (non-hydrogen) atoms. The number of piperidine rings is 2. The van der Waals surface area contributed by atoms with Gasteiger partial charge in [-0.2, -0.15) is 0 Å². The zero-order valence-corrected chi connectivity index (χ0v) is 21.1. The predicted molar refractivity (Wildman–Crippen MR) is 142 cm³/mol. The summed E-state index contributed by atoms with van der Waals surface area (Å²) in [7, 11) is 0. The lowest BCUT2D eigenvalue weighted by Gasteiger charge is -2.42. The minimum atomic E-state index is 0.138. The number of nitrogens with zero attached hydrogens (tertiary/aromatic N) is 2. The molecule has 2 aromatic carbocycles. The molecule has 4 N–H and O–H groups in total. The normalized spacial score (nSPS) is 18.1. The maximum absolute atomic E-state index is 6.23. The van der Waals surface area contributed by atoms with E-state index in [4.69, 9.17) is 11.5 Å². The maximum Gasteiger partial charge on any atom is 0.0411 e. The molecule has 2 aliphatic heterocycles. The Balaban J connectivity index is 1.48. The molecule has 180 valence electrons. The van der Waals surface area contributed by atoms with Crippen molar-refractivity contribution < 1.29 is 0 Å². The van der Waals surface area contributed by atoms with Crippen molar-refractivity contribution in [2.24, 2.45) is 17.4 Å². The van der Waals surface area contributed by atoms with Crippen LogP contribution in [-0.2, 0) is 24.9 Å². The van der Waals surface area contributed by atoms with E-state index in [9.17, 15) is 0 Å². The van der Waals surface area contributed by atoms with Crippen LogP contribution in [-0.4, -0.2) is 26.2 Å². The molecule has 4 nitrogen and oxygen atoms in total. The monoisotopic (exact) mass is 448 g/mol. The van der Waals surface area contributed by atoms with E-state index >= 15 is 0 Å². The number of nitrogens with two attached hydrogens (primary N) is 2. The van der Waals surface area contributed by atoms with Crippen LogP contribution in [0.3, 0.4) is 0 Å². The van der Waals surface area contributed by atoms with Gasteiger partial charge in [-0.15, -0.1) is 0 Å². The van der Waals surface area contributed by atoms with Crippen LogP contribution in [0.5, 0.6) is 0 Å². The van der Waals surface area contributed by atoms with Crippen LogP contribution in [0.4, 0.5) is 11.4 Å². The van der Waals surface area contributed by atoms with Gasteiger partial charge in [-0.25, -0.2) is 0 Å². The van der Waals surface area contributed by atoms with E-state index in [1.54, 1.807) is 0 Å². The van der Waals surface area contributed by atoms with Gasteiger partial charge >= 0.3 is 0 Å². The number of aryl methyl sites for hydroxylation is 1. The van der Waals surface area contributed by atoms with E-state index in [1.807, 2.05) is 0 Å². The summed E-state index contributed by atoms with van der Waals surface area (Å²) in [4.78, 5) is 5.10. The first-order chi connectivity index (χ1) is 16.0. The topological polar surface area (TPSA) is 58.5 Å². The van der Waals surface area contributed by atoms with Crippen LogP contribution in [0, 0.1) is 5.92 Å². The Morgan fingerprint density at radius 3 is 1.97 bits per heavy atom. The largest absolute Gasteiger partial charge is 0.371 e. The Bertz CT molecular complexity index is 921. The molecule has 2 aromatic rings. The number of benzene rings is 2. The van der Waals surface area contributed by atoms with Crippen LogP contribution in [0.15, 0.2) is 36.4 Å². The molecule has 0 spiro atoms. The summed E-state index contributed by atoms with van der Waals surface area (Å²) in [5.41, 5.74) is 20.6. The third-order valence-corrected chi connectivity index (χ3v) is 8.37. The molecule has 0 unspecified atom stereocenters. The molecule has 2 aliphatic rings.